The van der Waals surface area contributed by atoms with Crippen LogP contribution in [-0.4, -0.2) is 28.7 Å². The molecule has 22 heavy (non-hydrogen) atoms. The molecule has 1 heterocycles. The number of rotatable bonds is 5. The van der Waals surface area contributed by atoms with Gasteiger partial charge in [0.05, 0.1) is 5.52 Å². The van der Waals surface area contributed by atoms with Gasteiger partial charge in [0.1, 0.15) is 6.73 Å². The number of aromatic nitrogens is 1. The summed E-state index contributed by atoms with van der Waals surface area (Å²) >= 11 is 0. The van der Waals surface area contributed by atoms with Crippen molar-refractivity contribution in [2.45, 2.75) is 19.7 Å². The Bertz CT molecular complexity index is 760. The van der Waals surface area contributed by atoms with Gasteiger partial charge in [-0.15, -0.1) is 0 Å². The summed E-state index contributed by atoms with van der Waals surface area (Å²) in [5.41, 5.74) is 4.94. The zero-order chi connectivity index (χ0) is 15.5. The maximum Gasteiger partial charge on any atom is 0.119 e. The SMILES string of the molecule is CN(C)Cc1ccc2c(c1)c(Cc1ccccc1)cn2CO. The van der Waals surface area contributed by atoms with Crippen molar-refractivity contribution in [3.8, 4) is 0 Å². The molecular formula is C19H22N2O. The zero-order valence-electron chi connectivity index (χ0n) is 13.2. The van der Waals surface area contributed by atoms with Gasteiger partial charge in [-0.05, 0) is 49.3 Å². The first-order chi connectivity index (χ1) is 10.7. The second-order valence-electron chi connectivity index (χ2n) is 6.02. The highest BCUT2D eigenvalue weighted by atomic mass is 16.3. The van der Waals surface area contributed by atoms with Crippen LogP contribution in [-0.2, 0) is 19.7 Å². The molecule has 0 aliphatic heterocycles. The van der Waals surface area contributed by atoms with E-state index in [9.17, 15) is 5.11 Å². The zero-order valence-corrected chi connectivity index (χ0v) is 13.2. The molecule has 0 unspecified atom stereocenters. The fraction of sp³-hybridized carbons (Fsp3) is 0.263. The van der Waals surface area contributed by atoms with Crippen molar-refractivity contribution in [2.75, 3.05) is 14.1 Å². The minimum absolute atomic E-state index is 0.0122. The molecule has 3 heteroatoms. The smallest absolute Gasteiger partial charge is 0.119 e. The lowest BCUT2D eigenvalue weighted by Crippen LogP contribution is -2.10. The summed E-state index contributed by atoms with van der Waals surface area (Å²) in [7, 11) is 4.15. The highest BCUT2D eigenvalue weighted by Gasteiger charge is 2.10. The second kappa shape index (κ2) is 6.34. The maximum absolute atomic E-state index is 9.58. The summed E-state index contributed by atoms with van der Waals surface area (Å²) in [5.74, 6) is 0. The van der Waals surface area contributed by atoms with E-state index in [1.54, 1.807) is 0 Å². The highest BCUT2D eigenvalue weighted by Crippen LogP contribution is 2.25. The van der Waals surface area contributed by atoms with E-state index in [0.29, 0.717) is 0 Å². The van der Waals surface area contributed by atoms with E-state index >= 15 is 0 Å². The monoisotopic (exact) mass is 294 g/mol. The quantitative estimate of drug-likeness (QED) is 0.782. The van der Waals surface area contributed by atoms with Crippen molar-refractivity contribution in [3.05, 3.63) is 71.4 Å². The van der Waals surface area contributed by atoms with Crippen LogP contribution < -0.4 is 0 Å². The molecule has 0 saturated carbocycles. The van der Waals surface area contributed by atoms with Crippen molar-refractivity contribution >= 4 is 10.9 Å². The first kappa shape index (κ1) is 14.8. The summed E-state index contributed by atoms with van der Waals surface area (Å²) in [4.78, 5) is 2.17. The molecule has 0 aliphatic carbocycles. The molecule has 0 aliphatic rings. The third-order valence-electron chi connectivity index (χ3n) is 3.92. The van der Waals surface area contributed by atoms with Crippen LogP contribution in [0.25, 0.3) is 10.9 Å². The standard InChI is InChI=1S/C19H22N2O/c1-20(2)12-16-8-9-19-18(11-16)17(13-21(19)14-22)10-15-6-4-3-5-7-15/h3-9,11,13,22H,10,12,14H2,1-2H3. The fourth-order valence-electron chi connectivity index (χ4n) is 2.96. The molecular weight excluding hydrogens is 272 g/mol. The topological polar surface area (TPSA) is 28.4 Å². The predicted molar refractivity (Wildman–Crippen MR) is 90.8 cm³/mol. The van der Waals surface area contributed by atoms with Crippen molar-refractivity contribution in [3.63, 3.8) is 0 Å². The van der Waals surface area contributed by atoms with Gasteiger partial charge >= 0.3 is 0 Å². The number of fused-ring (bicyclic) bond motifs is 1. The Hall–Kier alpha value is -2.10. The van der Waals surface area contributed by atoms with E-state index in [0.717, 1.165) is 18.5 Å². The van der Waals surface area contributed by atoms with E-state index in [-0.39, 0.29) is 6.73 Å². The van der Waals surface area contributed by atoms with Crippen molar-refractivity contribution in [2.24, 2.45) is 0 Å². The van der Waals surface area contributed by atoms with Crippen LogP contribution in [0.5, 0.6) is 0 Å². The Morgan fingerprint density at radius 1 is 1.00 bits per heavy atom. The number of benzene rings is 2. The van der Waals surface area contributed by atoms with E-state index in [2.05, 4.69) is 67.7 Å². The first-order valence-corrected chi connectivity index (χ1v) is 7.57. The summed E-state index contributed by atoms with van der Waals surface area (Å²) in [6, 6.07) is 17.0. The summed E-state index contributed by atoms with van der Waals surface area (Å²) in [5, 5.41) is 10.8. The molecule has 0 saturated heterocycles. The fourth-order valence-corrected chi connectivity index (χ4v) is 2.96. The number of nitrogens with zero attached hydrogens (tertiary/aromatic N) is 2. The van der Waals surface area contributed by atoms with Crippen LogP contribution in [0.3, 0.4) is 0 Å². The average molecular weight is 294 g/mol. The molecule has 114 valence electrons. The van der Waals surface area contributed by atoms with Crippen molar-refractivity contribution in [1.29, 1.82) is 0 Å². The minimum Gasteiger partial charge on any atom is -0.376 e. The van der Waals surface area contributed by atoms with E-state index in [4.69, 9.17) is 0 Å². The molecule has 0 spiro atoms. The summed E-state index contributed by atoms with van der Waals surface area (Å²) in [6.07, 6.45) is 2.95. The third kappa shape index (κ3) is 3.06. The van der Waals surface area contributed by atoms with Gasteiger partial charge in [-0.1, -0.05) is 36.4 Å². The highest BCUT2D eigenvalue weighted by molar-refractivity contribution is 5.85. The van der Waals surface area contributed by atoms with Crippen LogP contribution in [0.15, 0.2) is 54.7 Å². The molecule has 3 aromatic rings. The molecule has 2 aromatic carbocycles. The first-order valence-electron chi connectivity index (χ1n) is 7.57. The minimum atomic E-state index is 0.0122. The van der Waals surface area contributed by atoms with Crippen LogP contribution >= 0.6 is 0 Å². The van der Waals surface area contributed by atoms with Crippen molar-refractivity contribution < 1.29 is 5.11 Å². The number of aliphatic hydroxyl groups is 1. The molecule has 3 rings (SSSR count). The van der Waals surface area contributed by atoms with Gasteiger partial charge in [-0.25, -0.2) is 0 Å². The molecule has 1 aromatic heterocycles. The second-order valence-corrected chi connectivity index (χ2v) is 6.02. The average Bonchev–Trinajstić information content (AvgIpc) is 2.85. The van der Waals surface area contributed by atoms with Crippen LogP contribution in [0, 0.1) is 0 Å². The van der Waals surface area contributed by atoms with Gasteiger partial charge in [0.2, 0.25) is 0 Å². The van der Waals surface area contributed by atoms with Crippen LogP contribution in [0.1, 0.15) is 16.7 Å². The Morgan fingerprint density at radius 2 is 1.77 bits per heavy atom. The Kier molecular flexibility index (Phi) is 4.27. The van der Waals surface area contributed by atoms with Crippen LogP contribution in [0.4, 0.5) is 0 Å². The Morgan fingerprint density at radius 3 is 2.45 bits per heavy atom. The molecule has 3 nitrogen and oxygen atoms in total. The molecule has 0 atom stereocenters. The Balaban J connectivity index is 2.04. The van der Waals surface area contributed by atoms with Gasteiger partial charge in [-0.2, -0.15) is 0 Å². The molecule has 1 N–H and O–H groups in total. The van der Waals surface area contributed by atoms with Gasteiger partial charge in [0.25, 0.3) is 0 Å². The lowest BCUT2D eigenvalue weighted by molar-refractivity contribution is 0.215. The number of hydrogen-bond acceptors (Lipinski definition) is 2. The van der Waals surface area contributed by atoms with Crippen LogP contribution in [0.2, 0.25) is 0 Å². The lowest BCUT2D eigenvalue weighted by atomic mass is 10.0. The Labute approximate surface area is 131 Å². The predicted octanol–water partition coefficient (Wildman–Crippen LogP) is 3.24. The molecule has 0 bridgehead atoms. The number of aliphatic hydroxyl groups excluding tert-OH is 1. The van der Waals surface area contributed by atoms with E-state index in [1.807, 2.05) is 10.6 Å². The summed E-state index contributed by atoms with van der Waals surface area (Å²) in [6.45, 7) is 0.934. The normalized spacial score (nSPS) is 11.5. The van der Waals surface area contributed by atoms with Gasteiger partial charge in [0.15, 0.2) is 0 Å². The molecule has 0 radical (unpaired) electrons. The largest absolute Gasteiger partial charge is 0.376 e. The third-order valence-corrected chi connectivity index (χ3v) is 3.92. The van der Waals surface area contributed by atoms with Gasteiger partial charge in [-0.3, -0.25) is 0 Å². The van der Waals surface area contributed by atoms with E-state index in [1.165, 1.54) is 22.1 Å². The maximum atomic E-state index is 9.58. The van der Waals surface area contributed by atoms with E-state index < -0.39 is 0 Å². The van der Waals surface area contributed by atoms with Gasteiger partial charge in [0, 0.05) is 18.1 Å². The van der Waals surface area contributed by atoms with Crippen molar-refractivity contribution in [1.82, 2.24) is 9.47 Å². The van der Waals surface area contributed by atoms with Gasteiger partial charge < -0.3 is 14.6 Å². The summed E-state index contributed by atoms with van der Waals surface area (Å²) < 4.78 is 1.91. The molecule has 0 fully saturated rings. The number of hydrogen-bond donors (Lipinski definition) is 1. The lowest BCUT2D eigenvalue weighted by Gasteiger charge is -2.10. The molecule has 0 amide bonds.